The zero-order valence-corrected chi connectivity index (χ0v) is 16.0. The predicted molar refractivity (Wildman–Crippen MR) is 96.2 cm³/mol. The molecular weight excluding hydrogens is 379 g/mol. The molecule has 1 N–H and O–H groups in total. The van der Waals surface area contributed by atoms with E-state index in [4.69, 9.17) is 4.52 Å². The van der Waals surface area contributed by atoms with E-state index in [1.165, 1.54) is 12.8 Å². The SMILES string of the molecule is CCC1(C)CCN(C(=NC)NCc2c(C)noc2C)C1.I. The van der Waals surface area contributed by atoms with Crippen molar-refractivity contribution in [2.45, 2.75) is 47.1 Å². The van der Waals surface area contributed by atoms with E-state index in [-0.39, 0.29) is 24.0 Å². The van der Waals surface area contributed by atoms with Gasteiger partial charge in [0.2, 0.25) is 0 Å². The third-order valence-electron chi connectivity index (χ3n) is 4.53. The van der Waals surface area contributed by atoms with Gasteiger partial charge in [0, 0.05) is 32.2 Å². The molecule has 1 atom stereocenters. The Morgan fingerprint density at radius 2 is 2.19 bits per heavy atom. The maximum Gasteiger partial charge on any atom is 0.193 e. The van der Waals surface area contributed by atoms with Crippen molar-refractivity contribution in [3.05, 3.63) is 17.0 Å². The summed E-state index contributed by atoms with van der Waals surface area (Å²) >= 11 is 0. The van der Waals surface area contributed by atoms with Crippen LogP contribution >= 0.6 is 24.0 Å². The summed E-state index contributed by atoms with van der Waals surface area (Å²) in [5, 5.41) is 7.42. The molecule has 1 aliphatic rings. The summed E-state index contributed by atoms with van der Waals surface area (Å²) in [4.78, 5) is 6.76. The van der Waals surface area contributed by atoms with Crippen molar-refractivity contribution in [1.29, 1.82) is 0 Å². The lowest BCUT2D eigenvalue weighted by atomic mass is 9.87. The van der Waals surface area contributed by atoms with Gasteiger partial charge in [-0.05, 0) is 32.1 Å². The van der Waals surface area contributed by atoms with Crippen molar-refractivity contribution in [2.24, 2.45) is 10.4 Å². The Labute approximate surface area is 144 Å². The fourth-order valence-electron chi connectivity index (χ4n) is 2.75. The monoisotopic (exact) mass is 406 g/mol. The Hall–Kier alpha value is -0.790. The molecule has 0 aliphatic carbocycles. The third kappa shape index (κ3) is 4.11. The van der Waals surface area contributed by atoms with E-state index >= 15 is 0 Å². The molecule has 1 aromatic rings. The smallest absolute Gasteiger partial charge is 0.193 e. The molecule has 0 bridgehead atoms. The van der Waals surface area contributed by atoms with Gasteiger partial charge in [0.25, 0.3) is 0 Å². The number of aryl methyl sites for hydroxylation is 2. The number of hydrogen-bond donors (Lipinski definition) is 1. The van der Waals surface area contributed by atoms with Gasteiger partial charge in [0.15, 0.2) is 5.96 Å². The molecule has 2 heterocycles. The number of aliphatic imine (C=N–C) groups is 1. The Kier molecular flexibility index (Phi) is 6.49. The van der Waals surface area contributed by atoms with E-state index in [2.05, 4.69) is 34.2 Å². The Bertz CT molecular complexity index is 480. The average molecular weight is 406 g/mol. The van der Waals surface area contributed by atoms with Crippen molar-refractivity contribution in [2.75, 3.05) is 20.1 Å². The minimum absolute atomic E-state index is 0. The lowest BCUT2D eigenvalue weighted by molar-refractivity contribution is 0.322. The second-order valence-corrected chi connectivity index (χ2v) is 6.04. The zero-order chi connectivity index (χ0) is 14.8. The minimum Gasteiger partial charge on any atom is -0.361 e. The van der Waals surface area contributed by atoms with Crippen molar-refractivity contribution in [3.8, 4) is 0 Å². The van der Waals surface area contributed by atoms with Gasteiger partial charge in [-0.25, -0.2) is 0 Å². The molecule has 0 amide bonds. The van der Waals surface area contributed by atoms with Crippen molar-refractivity contribution in [3.63, 3.8) is 0 Å². The van der Waals surface area contributed by atoms with Gasteiger partial charge in [-0.1, -0.05) is 19.0 Å². The average Bonchev–Trinajstić information content (AvgIpc) is 2.97. The number of halogens is 1. The number of aromatic nitrogens is 1. The van der Waals surface area contributed by atoms with Crippen LogP contribution in [0.2, 0.25) is 0 Å². The van der Waals surface area contributed by atoms with Crippen LogP contribution in [0, 0.1) is 19.3 Å². The van der Waals surface area contributed by atoms with Gasteiger partial charge in [-0.2, -0.15) is 0 Å². The van der Waals surface area contributed by atoms with Gasteiger partial charge in [-0.3, -0.25) is 4.99 Å². The van der Waals surface area contributed by atoms with E-state index in [0.29, 0.717) is 12.0 Å². The first kappa shape index (κ1) is 18.3. The van der Waals surface area contributed by atoms with Crippen LogP contribution in [0.3, 0.4) is 0 Å². The van der Waals surface area contributed by atoms with Crippen LogP contribution in [0.4, 0.5) is 0 Å². The van der Waals surface area contributed by atoms with Crippen LogP contribution in [0.15, 0.2) is 9.52 Å². The van der Waals surface area contributed by atoms with Crippen LogP contribution in [-0.2, 0) is 6.54 Å². The minimum atomic E-state index is 0. The van der Waals surface area contributed by atoms with Crippen LogP contribution in [0.5, 0.6) is 0 Å². The number of hydrogen-bond acceptors (Lipinski definition) is 3. The molecule has 1 fully saturated rings. The second kappa shape index (κ2) is 7.47. The lowest BCUT2D eigenvalue weighted by Gasteiger charge is -2.25. The Morgan fingerprint density at radius 1 is 1.48 bits per heavy atom. The first-order valence-electron chi connectivity index (χ1n) is 7.36. The molecule has 5 nitrogen and oxygen atoms in total. The highest BCUT2D eigenvalue weighted by Gasteiger charge is 2.33. The van der Waals surface area contributed by atoms with E-state index in [1.54, 1.807) is 0 Å². The van der Waals surface area contributed by atoms with Gasteiger partial charge in [-0.15, -0.1) is 24.0 Å². The molecule has 6 heteroatoms. The molecule has 0 aromatic carbocycles. The fraction of sp³-hybridized carbons (Fsp3) is 0.733. The summed E-state index contributed by atoms with van der Waals surface area (Å²) in [5.74, 6) is 1.85. The van der Waals surface area contributed by atoms with Crippen molar-refractivity contribution < 1.29 is 4.52 Å². The number of nitrogens with zero attached hydrogens (tertiary/aromatic N) is 3. The van der Waals surface area contributed by atoms with Crippen LogP contribution in [-0.4, -0.2) is 36.2 Å². The number of nitrogens with one attached hydrogen (secondary N) is 1. The summed E-state index contributed by atoms with van der Waals surface area (Å²) in [6, 6.07) is 0. The quantitative estimate of drug-likeness (QED) is 0.476. The van der Waals surface area contributed by atoms with Gasteiger partial charge in [0.05, 0.1) is 5.69 Å². The molecular formula is C15H27IN4O. The first-order chi connectivity index (χ1) is 9.49. The highest BCUT2D eigenvalue weighted by atomic mass is 127. The molecule has 0 radical (unpaired) electrons. The molecule has 0 saturated carbocycles. The maximum atomic E-state index is 5.19. The molecule has 1 aliphatic heterocycles. The van der Waals surface area contributed by atoms with E-state index in [1.807, 2.05) is 20.9 Å². The molecule has 2 rings (SSSR count). The summed E-state index contributed by atoms with van der Waals surface area (Å²) in [5.41, 5.74) is 2.49. The first-order valence-corrected chi connectivity index (χ1v) is 7.36. The van der Waals surface area contributed by atoms with Gasteiger partial charge < -0.3 is 14.7 Å². The van der Waals surface area contributed by atoms with E-state index in [9.17, 15) is 0 Å². The standard InChI is InChI=1S/C15H26N4O.HI/c1-6-15(4)7-8-19(10-15)14(16-5)17-9-13-11(2)18-20-12(13)3;/h6-10H2,1-5H3,(H,16,17);1H. The van der Waals surface area contributed by atoms with Crippen LogP contribution in [0.1, 0.15) is 43.7 Å². The van der Waals surface area contributed by atoms with E-state index in [0.717, 1.165) is 36.1 Å². The number of rotatable bonds is 3. The number of likely N-dealkylation sites (tertiary alicyclic amines) is 1. The zero-order valence-electron chi connectivity index (χ0n) is 13.7. The summed E-state index contributed by atoms with van der Waals surface area (Å²) in [6.45, 7) is 11.4. The second-order valence-electron chi connectivity index (χ2n) is 6.04. The molecule has 1 aromatic heterocycles. The predicted octanol–water partition coefficient (Wildman–Crippen LogP) is 3.11. The highest BCUT2D eigenvalue weighted by Crippen LogP contribution is 2.32. The lowest BCUT2D eigenvalue weighted by Crippen LogP contribution is -2.40. The molecule has 1 saturated heterocycles. The fourth-order valence-corrected chi connectivity index (χ4v) is 2.75. The largest absolute Gasteiger partial charge is 0.361 e. The highest BCUT2D eigenvalue weighted by molar-refractivity contribution is 14.0. The molecule has 120 valence electrons. The molecule has 1 unspecified atom stereocenters. The topological polar surface area (TPSA) is 53.7 Å². The summed E-state index contributed by atoms with van der Waals surface area (Å²) in [6.07, 6.45) is 2.44. The number of guanidine groups is 1. The van der Waals surface area contributed by atoms with E-state index < -0.39 is 0 Å². The molecule has 0 spiro atoms. The Morgan fingerprint density at radius 3 is 2.67 bits per heavy atom. The Balaban J connectivity index is 0.00000220. The third-order valence-corrected chi connectivity index (χ3v) is 4.53. The molecule has 21 heavy (non-hydrogen) atoms. The maximum absolute atomic E-state index is 5.19. The summed E-state index contributed by atoms with van der Waals surface area (Å²) in [7, 11) is 1.84. The normalized spacial score (nSPS) is 22.3. The van der Waals surface area contributed by atoms with Crippen LogP contribution in [0.25, 0.3) is 0 Å². The van der Waals surface area contributed by atoms with Crippen molar-refractivity contribution in [1.82, 2.24) is 15.4 Å². The van der Waals surface area contributed by atoms with Gasteiger partial charge >= 0.3 is 0 Å². The summed E-state index contributed by atoms with van der Waals surface area (Å²) < 4.78 is 5.19. The van der Waals surface area contributed by atoms with Crippen LogP contribution < -0.4 is 5.32 Å². The van der Waals surface area contributed by atoms with Crippen molar-refractivity contribution >= 4 is 29.9 Å². The van der Waals surface area contributed by atoms with Gasteiger partial charge in [0.1, 0.15) is 5.76 Å².